The van der Waals surface area contributed by atoms with Crippen LogP contribution >= 0.6 is 0 Å². The topological polar surface area (TPSA) is 365 Å². The number of carboxylic acid groups (broad SMARTS) is 3. The van der Waals surface area contributed by atoms with E-state index in [9.17, 15) is 58.5 Å². The molecule has 0 aliphatic carbocycles. The third-order valence-corrected chi connectivity index (χ3v) is 10.5. The highest BCUT2D eigenvalue weighted by Crippen LogP contribution is 2.14. The molecule has 0 rings (SSSR count). The zero-order valence-corrected chi connectivity index (χ0v) is 38.0. The molecule has 0 aliphatic heterocycles. The molecule has 15 N–H and O–H groups in total. The van der Waals surface area contributed by atoms with Gasteiger partial charge in [-0.3, -0.25) is 43.2 Å². The monoisotopic (exact) mass is 900 g/mol. The van der Waals surface area contributed by atoms with Gasteiger partial charge in [-0.05, 0) is 69.4 Å². The highest BCUT2D eigenvalue weighted by atomic mass is 16.4. The lowest BCUT2D eigenvalue weighted by molar-refractivity contribution is -0.139. The summed E-state index contributed by atoms with van der Waals surface area (Å²) in [6, 6.07) is -4.82. The summed E-state index contributed by atoms with van der Waals surface area (Å²) in [6.45, 7) is 11.4. The third-order valence-electron chi connectivity index (χ3n) is 10.5. The molecule has 0 saturated carbocycles. The van der Waals surface area contributed by atoms with Crippen LogP contribution in [0.25, 0.3) is 0 Å². The summed E-state index contributed by atoms with van der Waals surface area (Å²) in [4.78, 5) is 113. The molecule has 21 heteroatoms. The van der Waals surface area contributed by atoms with Crippen LogP contribution in [0.5, 0.6) is 0 Å². The number of amides is 6. The average Bonchev–Trinajstić information content (AvgIpc) is 3.15. The van der Waals surface area contributed by atoms with E-state index in [0.29, 0.717) is 25.7 Å². The minimum absolute atomic E-state index is 0.00221. The summed E-state index contributed by atoms with van der Waals surface area (Å²) in [5, 5.41) is 44.3. The molecule has 0 aromatic heterocycles. The molecular formula is C42H77N9O12. The molecule has 0 saturated heterocycles. The number of rotatable bonds is 35. The van der Waals surface area contributed by atoms with Gasteiger partial charge in [0.1, 0.15) is 0 Å². The molecule has 0 bridgehead atoms. The summed E-state index contributed by atoms with van der Waals surface area (Å²) < 4.78 is 0. The molecule has 0 aliphatic rings. The van der Waals surface area contributed by atoms with E-state index >= 15 is 0 Å². The smallest absolute Gasteiger partial charge is 0.305 e. The van der Waals surface area contributed by atoms with Crippen molar-refractivity contribution in [3.8, 4) is 0 Å². The number of nitrogens with two attached hydrogens (primary N) is 3. The second-order valence-electron chi connectivity index (χ2n) is 17.4. The van der Waals surface area contributed by atoms with Gasteiger partial charge in [-0.25, -0.2) is 0 Å². The first kappa shape index (κ1) is 58.1. The molecule has 0 spiro atoms. The van der Waals surface area contributed by atoms with Crippen LogP contribution < -0.4 is 49.1 Å². The van der Waals surface area contributed by atoms with Gasteiger partial charge in [-0.2, -0.15) is 0 Å². The number of hydrogen-bond acceptors (Lipinski definition) is 12. The first-order valence-corrected chi connectivity index (χ1v) is 22.0. The van der Waals surface area contributed by atoms with E-state index in [0.717, 1.165) is 0 Å². The van der Waals surface area contributed by atoms with Gasteiger partial charge in [0.2, 0.25) is 35.4 Å². The Balaban J connectivity index is 5.74. The molecular weight excluding hydrogens is 823 g/mol. The fourth-order valence-corrected chi connectivity index (χ4v) is 6.54. The number of hydrogen-bond donors (Lipinski definition) is 12. The number of aliphatic carboxylic acids is 3. The maximum absolute atomic E-state index is 13.4. The molecule has 0 aromatic carbocycles. The van der Waals surface area contributed by atoms with E-state index in [1.165, 1.54) is 0 Å². The molecule has 0 heterocycles. The molecule has 362 valence electrons. The van der Waals surface area contributed by atoms with Gasteiger partial charge >= 0.3 is 17.9 Å². The van der Waals surface area contributed by atoms with Crippen LogP contribution in [0.15, 0.2) is 0 Å². The quantitative estimate of drug-likeness (QED) is 0.0405. The van der Waals surface area contributed by atoms with Gasteiger partial charge in [0.05, 0.1) is 6.42 Å². The number of carbonyl (C=O) groups is 9. The van der Waals surface area contributed by atoms with Gasteiger partial charge in [0, 0.05) is 93.7 Å². The van der Waals surface area contributed by atoms with Gasteiger partial charge in [-0.1, -0.05) is 41.5 Å². The zero-order valence-electron chi connectivity index (χ0n) is 38.0. The van der Waals surface area contributed by atoms with Crippen LogP contribution in [-0.4, -0.2) is 124 Å². The number of carboxylic acids is 3. The van der Waals surface area contributed by atoms with E-state index in [1.807, 2.05) is 27.7 Å². The largest absolute Gasteiger partial charge is 0.481 e. The highest BCUT2D eigenvalue weighted by Gasteiger charge is 2.28. The van der Waals surface area contributed by atoms with E-state index in [2.05, 4.69) is 31.9 Å². The van der Waals surface area contributed by atoms with E-state index in [-0.39, 0.29) is 101 Å². The van der Waals surface area contributed by atoms with Crippen molar-refractivity contribution >= 4 is 53.4 Å². The summed E-state index contributed by atoms with van der Waals surface area (Å²) in [7, 11) is 0. The Morgan fingerprint density at radius 3 is 1.00 bits per heavy atom. The molecule has 21 nitrogen and oxygen atoms in total. The first-order chi connectivity index (χ1) is 29.4. The number of nitrogens with one attached hydrogen (secondary N) is 6. The molecule has 0 aromatic rings. The molecule has 63 heavy (non-hydrogen) atoms. The van der Waals surface area contributed by atoms with Crippen LogP contribution in [0.2, 0.25) is 0 Å². The summed E-state index contributed by atoms with van der Waals surface area (Å²) in [6.07, 6.45) is -0.541. The zero-order chi connectivity index (χ0) is 48.2. The molecule has 0 unspecified atom stereocenters. The van der Waals surface area contributed by atoms with Crippen molar-refractivity contribution in [3.63, 3.8) is 0 Å². The van der Waals surface area contributed by atoms with Crippen LogP contribution in [0, 0.1) is 17.8 Å². The van der Waals surface area contributed by atoms with Gasteiger partial charge < -0.3 is 64.4 Å². The summed E-state index contributed by atoms with van der Waals surface area (Å²) >= 11 is 0. The fourth-order valence-electron chi connectivity index (χ4n) is 6.54. The Bertz CT molecular complexity index is 1480. The Morgan fingerprint density at radius 1 is 0.397 bits per heavy atom. The normalized spacial score (nSPS) is 14.7. The van der Waals surface area contributed by atoms with Crippen molar-refractivity contribution < 1.29 is 58.5 Å². The predicted molar refractivity (Wildman–Crippen MR) is 234 cm³/mol. The minimum atomic E-state index is -1.14. The predicted octanol–water partition coefficient (Wildman–Crippen LogP) is 0.213. The van der Waals surface area contributed by atoms with E-state index < -0.39 is 95.6 Å². The summed E-state index contributed by atoms with van der Waals surface area (Å²) in [5.74, 6) is -6.70. The van der Waals surface area contributed by atoms with Gasteiger partial charge in [-0.15, -0.1) is 0 Å². The highest BCUT2D eigenvalue weighted by molar-refractivity contribution is 5.84. The van der Waals surface area contributed by atoms with Crippen LogP contribution in [0.3, 0.4) is 0 Å². The van der Waals surface area contributed by atoms with Crippen molar-refractivity contribution in [1.29, 1.82) is 0 Å². The van der Waals surface area contributed by atoms with E-state index in [1.54, 1.807) is 13.8 Å². The average molecular weight is 900 g/mol. The Hall–Kier alpha value is -4.89. The van der Waals surface area contributed by atoms with E-state index in [4.69, 9.17) is 17.2 Å². The Kier molecular flexibility index (Phi) is 29.4. The summed E-state index contributed by atoms with van der Waals surface area (Å²) in [5.41, 5.74) is 17.5. The van der Waals surface area contributed by atoms with Crippen molar-refractivity contribution in [2.24, 2.45) is 35.0 Å². The van der Waals surface area contributed by atoms with Crippen molar-refractivity contribution in [2.45, 2.75) is 180 Å². The third kappa shape index (κ3) is 29.2. The lowest BCUT2D eigenvalue weighted by Gasteiger charge is -2.26. The van der Waals surface area contributed by atoms with Gasteiger partial charge in [0.25, 0.3) is 0 Å². The van der Waals surface area contributed by atoms with Crippen molar-refractivity contribution in [1.82, 2.24) is 31.9 Å². The minimum Gasteiger partial charge on any atom is -0.481 e. The van der Waals surface area contributed by atoms with Crippen LogP contribution in [0.1, 0.15) is 138 Å². The molecule has 7 atom stereocenters. The second kappa shape index (κ2) is 31.9. The van der Waals surface area contributed by atoms with Gasteiger partial charge in [0.15, 0.2) is 0 Å². The Morgan fingerprint density at radius 2 is 0.698 bits per heavy atom. The fraction of sp³-hybridized carbons (Fsp3) is 0.786. The second-order valence-corrected chi connectivity index (χ2v) is 17.4. The Labute approximate surface area is 371 Å². The van der Waals surface area contributed by atoms with Crippen molar-refractivity contribution in [2.75, 3.05) is 13.1 Å². The van der Waals surface area contributed by atoms with Crippen LogP contribution in [-0.2, 0) is 43.2 Å². The van der Waals surface area contributed by atoms with Crippen LogP contribution in [0.4, 0.5) is 0 Å². The lowest BCUT2D eigenvalue weighted by Crippen LogP contribution is -2.48. The van der Waals surface area contributed by atoms with Crippen molar-refractivity contribution in [3.05, 3.63) is 0 Å². The standard InChI is InChI=1S/C42H77N9O12/c1-24(2)31(45)21-38(56)49-29(11-13-40(58)59)19-35(53)46-28(10-8-16-44)18-36(54)50-32(25(3)4)22-39(57)47-27(9-7-15-43)17-34(52)48-30(12-14-41(60)61)20-37(55)51-33(26(5)6)23-42(62)63/h24-33H,7-23,43-45H2,1-6H3,(H,46,53)(H,47,57)(H,48,52)(H,49,56)(H,50,54)(H,51,55)(H,58,59)(H,60,61)(H,62,63)/t27-,28-,29-,30-,31+,32+,33+/m0/s1. The maximum atomic E-state index is 13.4. The molecule has 6 amide bonds. The SMILES string of the molecule is CC(C)[C@H](N)CC(=O)N[C@@H](CCC(=O)O)CC(=O)N[C@@H](CCCN)CC(=O)N[C@H](CC(=O)N[C@@H](CCCN)CC(=O)N[C@@H](CCC(=O)O)CC(=O)N[C@H](CC(=O)O)C(C)C)C(C)C. The molecule has 0 radical (unpaired) electrons. The number of carbonyl (C=O) groups excluding carboxylic acids is 6. The lowest BCUT2D eigenvalue weighted by atomic mass is 9.98. The molecule has 0 fully saturated rings. The first-order valence-electron chi connectivity index (χ1n) is 22.0. The maximum Gasteiger partial charge on any atom is 0.305 e.